The summed E-state index contributed by atoms with van der Waals surface area (Å²) in [4.78, 5) is 2.51. The smallest absolute Gasteiger partial charge is 0.119 e. The van der Waals surface area contributed by atoms with Gasteiger partial charge in [0.1, 0.15) is 5.75 Å². The van der Waals surface area contributed by atoms with E-state index in [1.54, 1.807) is 0 Å². The predicted molar refractivity (Wildman–Crippen MR) is 81.0 cm³/mol. The molecule has 0 amide bonds. The van der Waals surface area contributed by atoms with Crippen molar-refractivity contribution in [1.82, 2.24) is 5.32 Å². The summed E-state index contributed by atoms with van der Waals surface area (Å²) in [5.41, 5.74) is 1.30. The number of rotatable bonds is 4. The minimum atomic E-state index is 0.559. The molecule has 1 heterocycles. The lowest BCUT2D eigenvalue weighted by Crippen LogP contribution is -2.52. The number of ether oxygens (including phenoxy) is 1. The molecule has 0 aliphatic carbocycles. The molecule has 1 fully saturated rings. The first kappa shape index (κ1) is 14.2. The molecule has 0 aromatic heterocycles. The van der Waals surface area contributed by atoms with Crippen LogP contribution in [0.4, 0.5) is 5.69 Å². The highest BCUT2D eigenvalue weighted by Crippen LogP contribution is 2.29. The molecular formula is C16H26N2O. The standard InChI is InChI=1S/C16H26N2O/c1-5-19-15-8-6-14(7-9-15)18-11-10-16(17-4)12(2)13(18)3/h6-9,12-13,16-17H,5,10-11H2,1-4H3. The molecule has 3 nitrogen and oxygen atoms in total. The van der Waals surface area contributed by atoms with Crippen molar-refractivity contribution in [3.8, 4) is 5.75 Å². The lowest BCUT2D eigenvalue weighted by molar-refractivity contribution is 0.282. The van der Waals surface area contributed by atoms with E-state index in [2.05, 4.69) is 55.4 Å². The van der Waals surface area contributed by atoms with Crippen LogP contribution in [0.1, 0.15) is 27.2 Å². The number of piperidine rings is 1. The molecule has 1 N–H and O–H groups in total. The molecule has 3 atom stereocenters. The summed E-state index contributed by atoms with van der Waals surface area (Å²) in [7, 11) is 2.07. The van der Waals surface area contributed by atoms with Crippen molar-refractivity contribution < 1.29 is 4.74 Å². The summed E-state index contributed by atoms with van der Waals surface area (Å²) in [6, 6.07) is 9.68. The monoisotopic (exact) mass is 262 g/mol. The van der Waals surface area contributed by atoms with Gasteiger partial charge in [-0.15, -0.1) is 0 Å². The van der Waals surface area contributed by atoms with Gasteiger partial charge in [0, 0.05) is 24.3 Å². The van der Waals surface area contributed by atoms with Gasteiger partial charge in [0.15, 0.2) is 0 Å². The summed E-state index contributed by atoms with van der Waals surface area (Å²) in [6.45, 7) is 8.52. The number of nitrogens with one attached hydrogen (secondary N) is 1. The van der Waals surface area contributed by atoms with E-state index >= 15 is 0 Å². The molecule has 1 aliphatic rings. The maximum atomic E-state index is 5.50. The maximum absolute atomic E-state index is 5.50. The average molecular weight is 262 g/mol. The Morgan fingerprint density at radius 2 is 1.95 bits per heavy atom. The molecule has 1 aromatic rings. The van der Waals surface area contributed by atoms with E-state index in [0.29, 0.717) is 18.0 Å². The molecule has 1 saturated heterocycles. The van der Waals surface area contributed by atoms with E-state index < -0.39 is 0 Å². The number of hydrogen-bond donors (Lipinski definition) is 1. The molecule has 3 heteroatoms. The van der Waals surface area contributed by atoms with Gasteiger partial charge in [-0.2, -0.15) is 0 Å². The second-order valence-electron chi connectivity index (χ2n) is 5.40. The van der Waals surface area contributed by atoms with Crippen LogP contribution in [0.5, 0.6) is 5.75 Å². The van der Waals surface area contributed by atoms with Crippen LogP contribution in [-0.2, 0) is 0 Å². The fraction of sp³-hybridized carbons (Fsp3) is 0.625. The highest BCUT2D eigenvalue weighted by atomic mass is 16.5. The van der Waals surface area contributed by atoms with Gasteiger partial charge in [0.2, 0.25) is 0 Å². The Morgan fingerprint density at radius 3 is 2.53 bits per heavy atom. The minimum Gasteiger partial charge on any atom is -0.494 e. The van der Waals surface area contributed by atoms with E-state index in [0.717, 1.165) is 18.9 Å². The van der Waals surface area contributed by atoms with Crippen LogP contribution in [-0.4, -0.2) is 32.3 Å². The Bertz CT molecular complexity index is 390. The Balaban J connectivity index is 2.09. The Morgan fingerprint density at radius 1 is 1.26 bits per heavy atom. The van der Waals surface area contributed by atoms with Gasteiger partial charge in [-0.25, -0.2) is 0 Å². The zero-order valence-corrected chi connectivity index (χ0v) is 12.5. The fourth-order valence-electron chi connectivity index (χ4n) is 3.04. The molecule has 1 aromatic carbocycles. The summed E-state index contributed by atoms with van der Waals surface area (Å²) in [5, 5.41) is 3.44. The molecule has 106 valence electrons. The van der Waals surface area contributed by atoms with Crippen LogP contribution in [0.25, 0.3) is 0 Å². The first-order valence-electron chi connectivity index (χ1n) is 7.34. The van der Waals surface area contributed by atoms with Gasteiger partial charge in [0.05, 0.1) is 6.61 Å². The number of nitrogens with zero attached hydrogens (tertiary/aromatic N) is 1. The predicted octanol–water partition coefficient (Wildman–Crippen LogP) is 2.91. The zero-order valence-electron chi connectivity index (χ0n) is 12.5. The van der Waals surface area contributed by atoms with Crippen LogP contribution >= 0.6 is 0 Å². The Hall–Kier alpha value is -1.22. The third-order valence-corrected chi connectivity index (χ3v) is 4.42. The molecule has 0 radical (unpaired) electrons. The quantitative estimate of drug-likeness (QED) is 0.903. The first-order valence-corrected chi connectivity index (χ1v) is 7.34. The van der Waals surface area contributed by atoms with Crippen LogP contribution in [0.2, 0.25) is 0 Å². The van der Waals surface area contributed by atoms with E-state index in [9.17, 15) is 0 Å². The van der Waals surface area contributed by atoms with Gasteiger partial charge in [-0.1, -0.05) is 6.92 Å². The van der Waals surface area contributed by atoms with Crippen LogP contribution < -0.4 is 15.0 Å². The highest BCUT2D eigenvalue weighted by Gasteiger charge is 2.31. The van der Waals surface area contributed by atoms with Gasteiger partial charge < -0.3 is 15.0 Å². The van der Waals surface area contributed by atoms with Crippen molar-refractivity contribution in [2.75, 3.05) is 25.1 Å². The molecule has 0 spiro atoms. The topological polar surface area (TPSA) is 24.5 Å². The van der Waals surface area contributed by atoms with E-state index in [4.69, 9.17) is 4.74 Å². The van der Waals surface area contributed by atoms with Crippen molar-refractivity contribution in [3.63, 3.8) is 0 Å². The summed E-state index contributed by atoms with van der Waals surface area (Å²) >= 11 is 0. The zero-order chi connectivity index (χ0) is 13.8. The van der Waals surface area contributed by atoms with Crippen molar-refractivity contribution in [2.24, 2.45) is 5.92 Å². The molecule has 0 saturated carbocycles. The van der Waals surface area contributed by atoms with Gasteiger partial charge in [-0.05, 0) is 57.5 Å². The number of benzene rings is 1. The Labute approximate surface area is 116 Å². The Kier molecular flexibility index (Phi) is 4.70. The molecule has 19 heavy (non-hydrogen) atoms. The lowest BCUT2D eigenvalue weighted by Gasteiger charge is -2.44. The minimum absolute atomic E-state index is 0.559. The largest absolute Gasteiger partial charge is 0.494 e. The highest BCUT2D eigenvalue weighted by molar-refractivity contribution is 5.50. The molecular weight excluding hydrogens is 236 g/mol. The number of hydrogen-bond acceptors (Lipinski definition) is 3. The maximum Gasteiger partial charge on any atom is 0.119 e. The van der Waals surface area contributed by atoms with Crippen molar-refractivity contribution in [1.29, 1.82) is 0 Å². The molecule has 0 bridgehead atoms. The van der Waals surface area contributed by atoms with Gasteiger partial charge in [0.25, 0.3) is 0 Å². The van der Waals surface area contributed by atoms with Crippen molar-refractivity contribution in [2.45, 2.75) is 39.3 Å². The SMILES string of the molecule is CCOc1ccc(N2CCC(NC)C(C)C2C)cc1. The van der Waals surface area contributed by atoms with E-state index in [1.165, 1.54) is 12.1 Å². The third kappa shape index (κ3) is 3.03. The second kappa shape index (κ2) is 6.29. The fourth-order valence-corrected chi connectivity index (χ4v) is 3.04. The van der Waals surface area contributed by atoms with Crippen molar-refractivity contribution in [3.05, 3.63) is 24.3 Å². The van der Waals surface area contributed by atoms with Gasteiger partial charge in [-0.3, -0.25) is 0 Å². The second-order valence-corrected chi connectivity index (χ2v) is 5.40. The van der Waals surface area contributed by atoms with Crippen LogP contribution in [0, 0.1) is 5.92 Å². The molecule has 3 unspecified atom stereocenters. The van der Waals surface area contributed by atoms with Crippen LogP contribution in [0.3, 0.4) is 0 Å². The van der Waals surface area contributed by atoms with Crippen molar-refractivity contribution >= 4 is 5.69 Å². The first-order chi connectivity index (χ1) is 9.17. The van der Waals surface area contributed by atoms with E-state index in [1.807, 2.05) is 6.92 Å². The normalized spacial score (nSPS) is 27.4. The van der Waals surface area contributed by atoms with Gasteiger partial charge >= 0.3 is 0 Å². The average Bonchev–Trinajstić information content (AvgIpc) is 2.43. The third-order valence-electron chi connectivity index (χ3n) is 4.42. The summed E-state index contributed by atoms with van der Waals surface area (Å²) in [6.07, 6.45) is 1.20. The molecule has 1 aliphatic heterocycles. The van der Waals surface area contributed by atoms with E-state index in [-0.39, 0.29) is 0 Å². The summed E-state index contributed by atoms with van der Waals surface area (Å²) in [5.74, 6) is 1.61. The number of anilines is 1. The van der Waals surface area contributed by atoms with Crippen LogP contribution in [0.15, 0.2) is 24.3 Å². The summed E-state index contributed by atoms with van der Waals surface area (Å²) < 4.78 is 5.50. The molecule has 2 rings (SSSR count). The lowest BCUT2D eigenvalue weighted by atomic mass is 9.87.